The lowest BCUT2D eigenvalue weighted by Crippen LogP contribution is -2.37. The molecule has 1 aromatic carbocycles. The number of carbonyl (C=O) groups excluding carboxylic acids is 1. The molecule has 5 nitrogen and oxygen atoms in total. The van der Waals surface area contributed by atoms with E-state index in [-0.39, 0.29) is 11.7 Å². The zero-order valence-corrected chi connectivity index (χ0v) is 13.8. The van der Waals surface area contributed by atoms with Crippen LogP contribution in [0.5, 0.6) is 0 Å². The second-order valence-corrected chi connectivity index (χ2v) is 5.69. The molecule has 0 spiro atoms. The molecule has 25 heavy (non-hydrogen) atoms. The van der Waals surface area contributed by atoms with Gasteiger partial charge in [0.15, 0.2) is 0 Å². The first kappa shape index (κ1) is 17.1. The van der Waals surface area contributed by atoms with Gasteiger partial charge in [0, 0.05) is 37.5 Å². The van der Waals surface area contributed by atoms with Gasteiger partial charge in [0.05, 0.1) is 13.2 Å². The first-order valence-electron chi connectivity index (χ1n) is 8.20. The smallest absolute Gasteiger partial charge is 0.244 e. The number of hydrogen-bond donors (Lipinski definition) is 1. The van der Waals surface area contributed by atoms with Crippen LogP contribution in [-0.4, -0.2) is 37.2 Å². The SMILES string of the molecule is O=C(/C=C/c1ccc(F)cc1)NCc1cccnc1N1CCOCC1. The summed E-state index contributed by atoms with van der Waals surface area (Å²) in [5, 5.41) is 2.86. The molecular formula is C19H20FN3O2. The molecule has 0 unspecified atom stereocenters. The number of nitrogens with zero attached hydrogens (tertiary/aromatic N) is 2. The van der Waals surface area contributed by atoms with Gasteiger partial charge in [-0.2, -0.15) is 0 Å². The van der Waals surface area contributed by atoms with Crippen LogP contribution in [0.3, 0.4) is 0 Å². The number of benzene rings is 1. The standard InChI is InChI=1S/C19H20FN3O2/c20-17-6-3-15(4-7-17)5-8-18(24)22-14-16-2-1-9-21-19(16)23-10-12-25-13-11-23/h1-9H,10-14H2,(H,22,24)/b8-5+. The van der Waals surface area contributed by atoms with Gasteiger partial charge in [-0.1, -0.05) is 18.2 Å². The topological polar surface area (TPSA) is 54.5 Å². The summed E-state index contributed by atoms with van der Waals surface area (Å²) in [6.45, 7) is 3.35. The summed E-state index contributed by atoms with van der Waals surface area (Å²) < 4.78 is 18.2. The molecule has 0 bridgehead atoms. The number of halogens is 1. The van der Waals surface area contributed by atoms with Gasteiger partial charge in [-0.15, -0.1) is 0 Å². The van der Waals surface area contributed by atoms with Crippen molar-refractivity contribution in [2.45, 2.75) is 6.54 Å². The van der Waals surface area contributed by atoms with E-state index in [9.17, 15) is 9.18 Å². The largest absolute Gasteiger partial charge is 0.378 e. The van der Waals surface area contributed by atoms with Crippen molar-refractivity contribution in [2.75, 3.05) is 31.2 Å². The second-order valence-electron chi connectivity index (χ2n) is 5.69. The van der Waals surface area contributed by atoms with Crippen molar-refractivity contribution in [1.29, 1.82) is 0 Å². The van der Waals surface area contributed by atoms with Crippen molar-refractivity contribution in [2.24, 2.45) is 0 Å². The molecule has 6 heteroatoms. The number of aromatic nitrogens is 1. The van der Waals surface area contributed by atoms with Gasteiger partial charge in [-0.05, 0) is 29.8 Å². The van der Waals surface area contributed by atoms with E-state index in [0.717, 1.165) is 30.0 Å². The molecule has 3 rings (SSSR count). The Morgan fingerprint density at radius 1 is 1.24 bits per heavy atom. The molecule has 1 aliphatic rings. The highest BCUT2D eigenvalue weighted by Crippen LogP contribution is 2.18. The molecule has 1 aliphatic heterocycles. The van der Waals surface area contributed by atoms with E-state index in [1.807, 2.05) is 12.1 Å². The molecule has 1 N–H and O–H groups in total. The van der Waals surface area contributed by atoms with Gasteiger partial charge in [0.25, 0.3) is 0 Å². The predicted molar refractivity (Wildman–Crippen MR) is 94.5 cm³/mol. The monoisotopic (exact) mass is 341 g/mol. The third kappa shape index (κ3) is 4.87. The van der Waals surface area contributed by atoms with E-state index in [4.69, 9.17) is 4.74 Å². The number of rotatable bonds is 5. The Hall–Kier alpha value is -2.73. The van der Waals surface area contributed by atoms with Crippen molar-refractivity contribution in [3.8, 4) is 0 Å². The molecule has 1 aromatic heterocycles. The highest BCUT2D eigenvalue weighted by atomic mass is 19.1. The van der Waals surface area contributed by atoms with Crippen molar-refractivity contribution < 1.29 is 13.9 Å². The third-order valence-corrected chi connectivity index (χ3v) is 3.93. The molecule has 1 fully saturated rings. The van der Waals surface area contributed by atoms with Crippen LogP contribution in [-0.2, 0) is 16.1 Å². The molecule has 1 saturated heterocycles. The molecule has 1 amide bonds. The maximum Gasteiger partial charge on any atom is 0.244 e. The lowest BCUT2D eigenvalue weighted by atomic mass is 10.2. The fraction of sp³-hybridized carbons (Fsp3) is 0.263. The molecule has 0 saturated carbocycles. The van der Waals surface area contributed by atoms with Crippen molar-refractivity contribution in [3.63, 3.8) is 0 Å². The number of pyridine rings is 1. The normalized spacial score (nSPS) is 14.7. The number of nitrogens with one attached hydrogen (secondary N) is 1. The van der Waals surface area contributed by atoms with Gasteiger partial charge in [0.2, 0.25) is 5.91 Å². The van der Waals surface area contributed by atoms with Gasteiger partial charge in [0.1, 0.15) is 11.6 Å². The van der Waals surface area contributed by atoms with Crippen LogP contribution < -0.4 is 10.2 Å². The lowest BCUT2D eigenvalue weighted by molar-refractivity contribution is -0.116. The summed E-state index contributed by atoms with van der Waals surface area (Å²) >= 11 is 0. The van der Waals surface area contributed by atoms with Crippen LogP contribution in [0.15, 0.2) is 48.7 Å². The predicted octanol–water partition coefficient (Wildman–Crippen LogP) is 2.39. The van der Waals surface area contributed by atoms with E-state index >= 15 is 0 Å². The van der Waals surface area contributed by atoms with E-state index in [2.05, 4.69) is 15.2 Å². The second kappa shape index (κ2) is 8.39. The van der Waals surface area contributed by atoms with E-state index < -0.39 is 0 Å². The van der Waals surface area contributed by atoms with E-state index in [1.54, 1.807) is 24.4 Å². The van der Waals surface area contributed by atoms with Gasteiger partial charge in [-0.3, -0.25) is 4.79 Å². The Morgan fingerprint density at radius 3 is 2.76 bits per heavy atom. The molecule has 2 heterocycles. The Kier molecular flexibility index (Phi) is 5.74. The maximum absolute atomic E-state index is 12.9. The summed E-state index contributed by atoms with van der Waals surface area (Å²) in [6.07, 6.45) is 4.85. The van der Waals surface area contributed by atoms with E-state index in [0.29, 0.717) is 19.8 Å². The number of ether oxygens (including phenoxy) is 1. The highest BCUT2D eigenvalue weighted by Gasteiger charge is 2.15. The summed E-state index contributed by atoms with van der Waals surface area (Å²) in [7, 11) is 0. The Morgan fingerprint density at radius 2 is 2.00 bits per heavy atom. The zero-order valence-electron chi connectivity index (χ0n) is 13.8. The summed E-state index contributed by atoms with van der Waals surface area (Å²) in [6, 6.07) is 9.79. The first-order valence-corrected chi connectivity index (χ1v) is 8.20. The molecule has 0 aliphatic carbocycles. The van der Waals surface area contributed by atoms with Crippen LogP contribution in [0, 0.1) is 5.82 Å². The molecular weight excluding hydrogens is 321 g/mol. The Balaban J connectivity index is 1.59. The number of amides is 1. The Bertz CT molecular complexity index is 741. The minimum atomic E-state index is -0.297. The van der Waals surface area contributed by atoms with Gasteiger partial charge < -0.3 is 15.0 Å². The average molecular weight is 341 g/mol. The fourth-order valence-electron chi connectivity index (χ4n) is 2.62. The fourth-order valence-corrected chi connectivity index (χ4v) is 2.62. The summed E-state index contributed by atoms with van der Waals surface area (Å²) in [5.41, 5.74) is 1.74. The van der Waals surface area contributed by atoms with Crippen molar-refractivity contribution in [1.82, 2.24) is 10.3 Å². The average Bonchev–Trinajstić information content (AvgIpc) is 2.67. The number of carbonyl (C=O) groups is 1. The van der Waals surface area contributed by atoms with Crippen LogP contribution in [0.4, 0.5) is 10.2 Å². The first-order chi connectivity index (χ1) is 12.2. The molecule has 130 valence electrons. The quantitative estimate of drug-likeness (QED) is 0.849. The van der Waals surface area contributed by atoms with Gasteiger partial charge >= 0.3 is 0 Å². The number of morpholine rings is 1. The number of anilines is 1. The van der Waals surface area contributed by atoms with Gasteiger partial charge in [-0.25, -0.2) is 9.37 Å². The van der Waals surface area contributed by atoms with Crippen molar-refractivity contribution in [3.05, 3.63) is 65.6 Å². The van der Waals surface area contributed by atoms with Crippen LogP contribution in [0.1, 0.15) is 11.1 Å². The molecule has 2 aromatic rings. The lowest BCUT2D eigenvalue weighted by Gasteiger charge is -2.29. The van der Waals surface area contributed by atoms with Crippen molar-refractivity contribution >= 4 is 17.8 Å². The van der Waals surface area contributed by atoms with Crippen LogP contribution in [0.2, 0.25) is 0 Å². The summed E-state index contributed by atoms with van der Waals surface area (Å²) in [5.74, 6) is 0.378. The number of hydrogen-bond acceptors (Lipinski definition) is 4. The minimum Gasteiger partial charge on any atom is -0.378 e. The highest BCUT2D eigenvalue weighted by molar-refractivity contribution is 5.91. The molecule has 0 radical (unpaired) electrons. The maximum atomic E-state index is 12.9. The van der Waals surface area contributed by atoms with Crippen LogP contribution in [0.25, 0.3) is 6.08 Å². The molecule has 0 atom stereocenters. The third-order valence-electron chi connectivity index (χ3n) is 3.93. The van der Waals surface area contributed by atoms with E-state index in [1.165, 1.54) is 18.2 Å². The van der Waals surface area contributed by atoms with Crippen LogP contribution >= 0.6 is 0 Å². The summed E-state index contributed by atoms with van der Waals surface area (Å²) in [4.78, 5) is 18.6. The minimum absolute atomic E-state index is 0.207. The Labute approximate surface area is 146 Å². The zero-order chi connectivity index (χ0) is 17.5.